The molecule has 0 saturated carbocycles. The summed E-state index contributed by atoms with van der Waals surface area (Å²) in [6.45, 7) is 4.64. The third kappa shape index (κ3) is 5.61. The molecule has 0 aromatic heterocycles. The third-order valence-electron chi connectivity index (χ3n) is 2.67. The number of esters is 1. The Labute approximate surface area is 117 Å². The summed E-state index contributed by atoms with van der Waals surface area (Å²) in [6.07, 6.45) is 0. The van der Waals surface area contributed by atoms with E-state index < -0.39 is 0 Å². The fourth-order valence-corrected chi connectivity index (χ4v) is 2.42. The standard InChI is InChI=1S/C14H20FNO2S/c1-10(2)13(14(17)18-3)16-8-9-19-12-6-4-11(15)5-7-12/h4-7,10,13,16H,8-9H2,1-3H3. The normalized spacial score (nSPS) is 12.5. The zero-order chi connectivity index (χ0) is 14.3. The van der Waals surface area contributed by atoms with Gasteiger partial charge in [-0.1, -0.05) is 13.8 Å². The summed E-state index contributed by atoms with van der Waals surface area (Å²) in [7, 11) is 1.40. The minimum Gasteiger partial charge on any atom is -0.468 e. The lowest BCUT2D eigenvalue weighted by atomic mass is 10.1. The minimum atomic E-state index is -0.279. The van der Waals surface area contributed by atoms with Gasteiger partial charge >= 0.3 is 5.97 Å². The number of hydrogen-bond donors (Lipinski definition) is 1. The number of thioether (sulfide) groups is 1. The van der Waals surface area contributed by atoms with Crippen LogP contribution in [-0.2, 0) is 9.53 Å². The molecule has 1 N–H and O–H groups in total. The summed E-state index contributed by atoms with van der Waals surface area (Å²) >= 11 is 1.62. The number of benzene rings is 1. The summed E-state index contributed by atoms with van der Waals surface area (Å²) in [5, 5.41) is 3.18. The van der Waals surface area contributed by atoms with Crippen LogP contribution in [0.25, 0.3) is 0 Å². The van der Waals surface area contributed by atoms with E-state index in [1.807, 2.05) is 13.8 Å². The highest BCUT2D eigenvalue weighted by atomic mass is 32.2. The van der Waals surface area contributed by atoms with Crippen molar-refractivity contribution < 1.29 is 13.9 Å². The van der Waals surface area contributed by atoms with Crippen molar-refractivity contribution in [2.24, 2.45) is 5.92 Å². The molecule has 0 amide bonds. The Hall–Kier alpha value is -1.07. The number of hydrogen-bond acceptors (Lipinski definition) is 4. The van der Waals surface area contributed by atoms with Crippen LogP contribution in [0.1, 0.15) is 13.8 Å². The van der Waals surface area contributed by atoms with Gasteiger partial charge < -0.3 is 10.1 Å². The highest BCUT2D eigenvalue weighted by Crippen LogP contribution is 2.17. The predicted molar refractivity (Wildman–Crippen MR) is 75.8 cm³/mol. The first kappa shape index (κ1) is 16.0. The van der Waals surface area contributed by atoms with Gasteiger partial charge in [0, 0.05) is 17.2 Å². The van der Waals surface area contributed by atoms with E-state index >= 15 is 0 Å². The molecule has 0 bridgehead atoms. The van der Waals surface area contributed by atoms with Crippen LogP contribution in [0.15, 0.2) is 29.2 Å². The van der Waals surface area contributed by atoms with Crippen LogP contribution in [0.5, 0.6) is 0 Å². The molecule has 1 unspecified atom stereocenters. The first-order valence-electron chi connectivity index (χ1n) is 6.24. The van der Waals surface area contributed by atoms with Crippen LogP contribution in [0.4, 0.5) is 4.39 Å². The van der Waals surface area contributed by atoms with E-state index in [-0.39, 0.29) is 23.7 Å². The summed E-state index contributed by atoms with van der Waals surface area (Å²) < 4.78 is 17.5. The van der Waals surface area contributed by atoms with Gasteiger partial charge in [-0.05, 0) is 30.2 Å². The molecule has 106 valence electrons. The van der Waals surface area contributed by atoms with Crippen molar-refractivity contribution in [3.05, 3.63) is 30.1 Å². The van der Waals surface area contributed by atoms with Crippen molar-refractivity contribution in [1.82, 2.24) is 5.32 Å². The van der Waals surface area contributed by atoms with Crippen LogP contribution in [-0.4, -0.2) is 31.4 Å². The number of nitrogens with one attached hydrogen (secondary N) is 1. The van der Waals surface area contributed by atoms with E-state index in [1.165, 1.54) is 19.2 Å². The van der Waals surface area contributed by atoms with Gasteiger partial charge in [-0.25, -0.2) is 4.39 Å². The van der Waals surface area contributed by atoms with Gasteiger partial charge in [0.15, 0.2) is 0 Å². The molecule has 1 atom stereocenters. The second-order valence-corrected chi connectivity index (χ2v) is 5.67. The average Bonchev–Trinajstić information content (AvgIpc) is 2.39. The quantitative estimate of drug-likeness (QED) is 0.475. The molecule has 0 aliphatic carbocycles. The molecule has 0 radical (unpaired) electrons. The molecule has 0 saturated heterocycles. The topological polar surface area (TPSA) is 38.3 Å². The van der Waals surface area contributed by atoms with Crippen LogP contribution in [0.2, 0.25) is 0 Å². The summed E-state index contributed by atoms with van der Waals surface area (Å²) in [5.74, 6) is 0.532. The fourth-order valence-electron chi connectivity index (χ4n) is 1.63. The number of rotatable bonds is 7. The van der Waals surface area contributed by atoms with Crippen molar-refractivity contribution in [2.75, 3.05) is 19.4 Å². The highest BCUT2D eigenvalue weighted by molar-refractivity contribution is 7.99. The van der Waals surface area contributed by atoms with Crippen molar-refractivity contribution in [2.45, 2.75) is 24.8 Å². The van der Waals surface area contributed by atoms with Crippen molar-refractivity contribution in [3.63, 3.8) is 0 Å². The zero-order valence-corrected chi connectivity index (χ0v) is 12.3. The average molecular weight is 285 g/mol. The fraction of sp³-hybridized carbons (Fsp3) is 0.500. The Kier molecular flexibility index (Phi) is 6.87. The maximum atomic E-state index is 12.7. The molecule has 5 heteroatoms. The van der Waals surface area contributed by atoms with E-state index in [0.717, 1.165) is 10.6 Å². The Balaban J connectivity index is 2.32. The van der Waals surface area contributed by atoms with Crippen LogP contribution >= 0.6 is 11.8 Å². The molecule has 1 aromatic carbocycles. The lowest BCUT2D eigenvalue weighted by molar-refractivity contribution is -0.144. The van der Waals surface area contributed by atoms with E-state index in [9.17, 15) is 9.18 Å². The molecule has 0 aliphatic rings. The number of carbonyl (C=O) groups is 1. The molecular formula is C14H20FNO2S. The molecule has 0 aliphatic heterocycles. The summed E-state index contributed by atoms with van der Waals surface area (Å²) in [6, 6.07) is 6.11. The van der Waals surface area contributed by atoms with Crippen molar-refractivity contribution in [1.29, 1.82) is 0 Å². The van der Waals surface area contributed by atoms with Gasteiger partial charge in [0.2, 0.25) is 0 Å². The molecule has 19 heavy (non-hydrogen) atoms. The monoisotopic (exact) mass is 285 g/mol. The van der Waals surface area contributed by atoms with Gasteiger partial charge in [0.25, 0.3) is 0 Å². The molecule has 0 heterocycles. The lowest BCUT2D eigenvalue weighted by Crippen LogP contribution is -2.42. The second-order valence-electron chi connectivity index (χ2n) is 4.50. The van der Waals surface area contributed by atoms with Gasteiger partial charge in [-0.2, -0.15) is 0 Å². The Morgan fingerprint density at radius 1 is 1.37 bits per heavy atom. The number of ether oxygens (including phenoxy) is 1. The molecular weight excluding hydrogens is 265 g/mol. The minimum absolute atomic E-state index is 0.184. The van der Waals surface area contributed by atoms with Gasteiger partial charge in [-0.15, -0.1) is 11.8 Å². The summed E-state index contributed by atoms with van der Waals surface area (Å²) in [4.78, 5) is 12.5. The molecule has 3 nitrogen and oxygen atoms in total. The number of halogens is 1. The number of carbonyl (C=O) groups excluding carboxylic acids is 1. The SMILES string of the molecule is COC(=O)C(NCCSc1ccc(F)cc1)C(C)C. The van der Waals surface area contributed by atoms with E-state index in [1.54, 1.807) is 23.9 Å². The lowest BCUT2D eigenvalue weighted by Gasteiger charge is -2.19. The van der Waals surface area contributed by atoms with Gasteiger partial charge in [0.05, 0.1) is 7.11 Å². The molecule has 0 fully saturated rings. The predicted octanol–water partition coefficient (Wildman–Crippen LogP) is 2.71. The molecule has 0 spiro atoms. The van der Waals surface area contributed by atoms with E-state index in [4.69, 9.17) is 4.74 Å². The first-order chi connectivity index (χ1) is 9.04. The maximum absolute atomic E-state index is 12.7. The van der Waals surface area contributed by atoms with E-state index in [2.05, 4.69) is 5.32 Å². The molecule has 1 aromatic rings. The van der Waals surface area contributed by atoms with Gasteiger partial charge in [-0.3, -0.25) is 4.79 Å². The first-order valence-corrected chi connectivity index (χ1v) is 7.22. The van der Waals surface area contributed by atoms with Crippen molar-refractivity contribution >= 4 is 17.7 Å². The number of methoxy groups -OCH3 is 1. The van der Waals surface area contributed by atoms with Gasteiger partial charge in [0.1, 0.15) is 11.9 Å². The highest BCUT2D eigenvalue weighted by Gasteiger charge is 2.21. The maximum Gasteiger partial charge on any atom is 0.323 e. The van der Waals surface area contributed by atoms with Crippen LogP contribution in [0, 0.1) is 11.7 Å². The zero-order valence-electron chi connectivity index (χ0n) is 11.5. The van der Waals surface area contributed by atoms with Crippen LogP contribution < -0.4 is 5.32 Å². The Bertz CT molecular complexity index is 395. The Morgan fingerprint density at radius 2 is 2.00 bits per heavy atom. The molecule has 1 rings (SSSR count). The van der Waals surface area contributed by atoms with E-state index in [0.29, 0.717) is 6.54 Å². The Morgan fingerprint density at radius 3 is 2.53 bits per heavy atom. The second kappa shape index (κ2) is 8.17. The smallest absolute Gasteiger partial charge is 0.323 e. The third-order valence-corrected chi connectivity index (χ3v) is 3.68. The van der Waals surface area contributed by atoms with Crippen LogP contribution in [0.3, 0.4) is 0 Å². The largest absolute Gasteiger partial charge is 0.468 e. The van der Waals surface area contributed by atoms with Crippen molar-refractivity contribution in [3.8, 4) is 0 Å². The summed E-state index contributed by atoms with van der Waals surface area (Å²) in [5.41, 5.74) is 0.